The summed E-state index contributed by atoms with van der Waals surface area (Å²) in [4.78, 5) is 2.44. The third-order valence-corrected chi connectivity index (χ3v) is 11.7. The van der Waals surface area contributed by atoms with Crippen molar-refractivity contribution in [1.29, 1.82) is 0 Å². The van der Waals surface area contributed by atoms with Crippen LogP contribution in [0, 0.1) is 0 Å². The largest absolute Gasteiger partial charge is 0.309 e. The molecule has 252 valence electrons. The number of nitrogens with zero attached hydrogens (tertiary/aromatic N) is 1. The molecule has 1 nitrogen and oxygen atoms in total. The van der Waals surface area contributed by atoms with Gasteiger partial charge in [-0.2, -0.15) is 0 Å². The maximum absolute atomic E-state index is 3.64. The summed E-state index contributed by atoms with van der Waals surface area (Å²) in [6, 6.07) is 71.4. The number of para-hydroxylation sites is 1. The van der Waals surface area contributed by atoms with Gasteiger partial charge in [-0.1, -0.05) is 168 Å². The summed E-state index contributed by atoms with van der Waals surface area (Å²) in [6.07, 6.45) is 0. The Morgan fingerprint density at radius 2 is 0.833 bits per heavy atom. The molecule has 0 radical (unpaired) electrons. The Bertz CT molecular complexity index is 3220. The molecule has 0 atom stereocenters. The van der Waals surface area contributed by atoms with Gasteiger partial charge in [0.15, 0.2) is 0 Å². The van der Waals surface area contributed by atoms with Gasteiger partial charge in [-0.25, -0.2) is 0 Å². The fourth-order valence-corrected chi connectivity index (χ4v) is 9.16. The van der Waals surface area contributed by atoms with Crippen molar-refractivity contribution in [3.8, 4) is 22.3 Å². The highest BCUT2D eigenvalue weighted by atomic mass is 79.9. The fraction of sp³-hybridized carbons (Fsp3) is 0. The van der Waals surface area contributed by atoms with Gasteiger partial charge in [0.25, 0.3) is 0 Å². The molecule has 11 aromatic carbocycles. The Balaban J connectivity index is 1.13. The number of rotatable bonds is 5. The quantitative estimate of drug-likeness (QED) is 0.158. The zero-order valence-electron chi connectivity index (χ0n) is 29.3. The van der Waals surface area contributed by atoms with Crippen molar-refractivity contribution >= 4 is 97.6 Å². The lowest BCUT2D eigenvalue weighted by Crippen LogP contribution is -2.11. The molecule has 0 aromatic heterocycles. The van der Waals surface area contributed by atoms with Crippen LogP contribution in [0.3, 0.4) is 0 Å². The molecule has 0 N–H and O–H groups in total. The summed E-state index contributed by atoms with van der Waals surface area (Å²) < 4.78 is 1.09. The average molecular weight is 751 g/mol. The van der Waals surface area contributed by atoms with E-state index < -0.39 is 0 Å². The molecular weight excluding hydrogens is 718 g/mol. The molecule has 11 aromatic rings. The van der Waals surface area contributed by atoms with Gasteiger partial charge in [0.1, 0.15) is 0 Å². The normalized spacial score (nSPS) is 11.8. The molecule has 0 aliphatic rings. The molecule has 2 heteroatoms. The van der Waals surface area contributed by atoms with Gasteiger partial charge in [0.2, 0.25) is 0 Å². The van der Waals surface area contributed by atoms with Crippen LogP contribution in [0.25, 0.3) is 86.9 Å². The van der Waals surface area contributed by atoms with E-state index in [1.165, 1.54) is 86.9 Å². The maximum atomic E-state index is 3.64. The van der Waals surface area contributed by atoms with Crippen LogP contribution >= 0.6 is 15.9 Å². The standard InChI is InChI=1S/C52H32BrN/c53-39-24-21-36-31-38(20-19-37(36)32-39)41-27-29-49(46-15-6-4-13-42(41)46)54(40-11-2-1-3-12-40)50-30-28-44(43-14-5-7-16-47(43)50)45-25-22-35-18-17-33-9-8-10-34-23-26-48(45)52(35)51(33)34/h1-32H. The highest BCUT2D eigenvalue weighted by molar-refractivity contribution is 9.10. The van der Waals surface area contributed by atoms with Crippen LogP contribution in [0.2, 0.25) is 0 Å². The predicted molar refractivity (Wildman–Crippen MR) is 236 cm³/mol. The van der Waals surface area contributed by atoms with Gasteiger partial charge >= 0.3 is 0 Å². The maximum Gasteiger partial charge on any atom is 0.0540 e. The van der Waals surface area contributed by atoms with Crippen LogP contribution in [0.4, 0.5) is 17.1 Å². The van der Waals surface area contributed by atoms with E-state index in [9.17, 15) is 0 Å². The monoisotopic (exact) mass is 749 g/mol. The Morgan fingerprint density at radius 1 is 0.315 bits per heavy atom. The SMILES string of the molecule is Brc1ccc2cc(-c3ccc(N(c4ccccc4)c4ccc(-c5ccc6ccc7cccc8ccc5c6c78)c5ccccc45)c4ccccc34)ccc2c1. The second kappa shape index (κ2) is 12.3. The van der Waals surface area contributed by atoms with Crippen molar-refractivity contribution in [3.05, 3.63) is 199 Å². The van der Waals surface area contributed by atoms with Gasteiger partial charge < -0.3 is 4.90 Å². The summed E-state index contributed by atoms with van der Waals surface area (Å²) in [6.45, 7) is 0. The zero-order chi connectivity index (χ0) is 35.8. The number of hydrogen-bond acceptors (Lipinski definition) is 1. The van der Waals surface area contributed by atoms with Gasteiger partial charge in [0.05, 0.1) is 11.4 Å². The Kier molecular flexibility index (Phi) is 7.08. The Morgan fingerprint density at radius 3 is 1.57 bits per heavy atom. The number of fused-ring (bicyclic) bond motifs is 3. The summed E-state index contributed by atoms with van der Waals surface area (Å²) in [5.74, 6) is 0. The highest BCUT2D eigenvalue weighted by Gasteiger charge is 2.21. The van der Waals surface area contributed by atoms with Gasteiger partial charge in [-0.05, 0) is 119 Å². The predicted octanol–water partition coefficient (Wildman–Crippen LogP) is 15.6. The van der Waals surface area contributed by atoms with Gasteiger partial charge in [0, 0.05) is 20.9 Å². The van der Waals surface area contributed by atoms with E-state index in [1.807, 2.05) is 0 Å². The third kappa shape index (κ3) is 4.84. The van der Waals surface area contributed by atoms with Crippen molar-refractivity contribution in [2.75, 3.05) is 4.90 Å². The molecule has 0 heterocycles. The summed E-state index contributed by atoms with van der Waals surface area (Å²) >= 11 is 3.64. The molecule has 0 saturated carbocycles. The number of hydrogen-bond donors (Lipinski definition) is 0. The van der Waals surface area contributed by atoms with Crippen LogP contribution in [-0.2, 0) is 0 Å². The Hall–Kier alpha value is -6.48. The first-order valence-electron chi connectivity index (χ1n) is 18.4. The molecule has 0 aliphatic carbocycles. The third-order valence-electron chi connectivity index (χ3n) is 11.2. The minimum absolute atomic E-state index is 1.09. The van der Waals surface area contributed by atoms with Crippen molar-refractivity contribution in [2.45, 2.75) is 0 Å². The van der Waals surface area contributed by atoms with Gasteiger partial charge in [-0.15, -0.1) is 0 Å². The zero-order valence-corrected chi connectivity index (χ0v) is 30.9. The smallest absolute Gasteiger partial charge is 0.0540 e. The van der Waals surface area contributed by atoms with Gasteiger partial charge in [-0.3, -0.25) is 0 Å². The highest BCUT2D eigenvalue weighted by Crippen LogP contribution is 2.47. The molecular formula is C52H32BrN. The van der Waals surface area contributed by atoms with Crippen molar-refractivity contribution < 1.29 is 0 Å². The molecule has 0 fully saturated rings. The lowest BCUT2D eigenvalue weighted by molar-refractivity contribution is 1.31. The van der Waals surface area contributed by atoms with E-state index >= 15 is 0 Å². The first kappa shape index (κ1) is 31.1. The summed E-state index contributed by atoms with van der Waals surface area (Å²) in [5, 5.41) is 15.1. The van der Waals surface area contributed by atoms with Crippen LogP contribution in [0.5, 0.6) is 0 Å². The molecule has 11 rings (SSSR count). The summed E-state index contributed by atoms with van der Waals surface area (Å²) in [5.41, 5.74) is 8.34. The van der Waals surface area contributed by atoms with Crippen molar-refractivity contribution in [2.24, 2.45) is 0 Å². The first-order chi connectivity index (χ1) is 26.7. The van der Waals surface area contributed by atoms with E-state index in [0.29, 0.717) is 0 Å². The van der Waals surface area contributed by atoms with E-state index in [2.05, 4.69) is 215 Å². The molecule has 0 saturated heterocycles. The van der Waals surface area contributed by atoms with Crippen LogP contribution in [0.15, 0.2) is 199 Å². The lowest BCUT2D eigenvalue weighted by atomic mass is 9.88. The van der Waals surface area contributed by atoms with E-state index in [4.69, 9.17) is 0 Å². The van der Waals surface area contributed by atoms with Crippen molar-refractivity contribution in [3.63, 3.8) is 0 Å². The molecule has 0 unspecified atom stereocenters. The molecule has 54 heavy (non-hydrogen) atoms. The minimum atomic E-state index is 1.09. The number of anilines is 3. The van der Waals surface area contributed by atoms with E-state index in [-0.39, 0.29) is 0 Å². The topological polar surface area (TPSA) is 3.24 Å². The molecule has 0 amide bonds. The molecule has 0 bridgehead atoms. The van der Waals surface area contributed by atoms with E-state index in [0.717, 1.165) is 21.5 Å². The van der Waals surface area contributed by atoms with Crippen LogP contribution in [0.1, 0.15) is 0 Å². The second-order valence-corrected chi connectivity index (χ2v) is 15.1. The van der Waals surface area contributed by atoms with Crippen LogP contribution < -0.4 is 4.90 Å². The average Bonchev–Trinajstić information content (AvgIpc) is 3.23. The first-order valence-corrected chi connectivity index (χ1v) is 19.2. The molecule has 0 aliphatic heterocycles. The van der Waals surface area contributed by atoms with Crippen LogP contribution in [-0.4, -0.2) is 0 Å². The number of benzene rings is 11. The fourth-order valence-electron chi connectivity index (χ4n) is 8.78. The molecule has 0 spiro atoms. The summed E-state index contributed by atoms with van der Waals surface area (Å²) in [7, 11) is 0. The van der Waals surface area contributed by atoms with E-state index in [1.54, 1.807) is 0 Å². The second-order valence-electron chi connectivity index (χ2n) is 14.2. The van der Waals surface area contributed by atoms with Crippen molar-refractivity contribution in [1.82, 2.24) is 0 Å². The Labute approximate surface area is 321 Å². The number of halogens is 1. The minimum Gasteiger partial charge on any atom is -0.309 e. The lowest BCUT2D eigenvalue weighted by Gasteiger charge is -2.29.